The number of hydrogen-bond acceptors (Lipinski definition) is 6. The van der Waals surface area contributed by atoms with Crippen molar-refractivity contribution in [1.29, 1.82) is 0 Å². The highest BCUT2D eigenvalue weighted by atomic mass is 79.9. The highest BCUT2D eigenvalue weighted by Crippen LogP contribution is 2.36. The van der Waals surface area contributed by atoms with Crippen molar-refractivity contribution in [3.8, 4) is 5.75 Å². The smallest absolute Gasteiger partial charge is 0.335 e. The number of ether oxygens (including phenoxy) is 1. The summed E-state index contributed by atoms with van der Waals surface area (Å²) in [6.07, 6.45) is 1.29. The molecule has 182 valence electrons. The molecule has 1 fully saturated rings. The zero-order valence-electron chi connectivity index (χ0n) is 18.0. The highest BCUT2D eigenvalue weighted by Gasteiger charge is 2.37. The average Bonchev–Trinajstić information content (AvgIpc) is 2.82. The number of amides is 4. The first-order valence-electron chi connectivity index (χ1n) is 10.2. The molecule has 3 aromatic carbocycles. The van der Waals surface area contributed by atoms with Gasteiger partial charge in [-0.15, -0.1) is 0 Å². The lowest BCUT2D eigenvalue weighted by Crippen LogP contribution is -2.54. The van der Waals surface area contributed by atoms with Gasteiger partial charge in [0.2, 0.25) is 0 Å². The van der Waals surface area contributed by atoms with E-state index in [0.717, 1.165) is 12.1 Å². The van der Waals surface area contributed by atoms with Gasteiger partial charge in [-0.05, 0) is 73.8 Å². The van der Waals surface area contributed by atoms with Gasteiger partial charge in [0.1, 0.15) is 23.7 Å². The van der Waals surface area contributed by atoms with Crippen LogP contribution >= 0.6 is 31.9 Å². The molecule has 0 atom stereocenters. The third-order valence-electron chi connectivity index (χ3n) is 5.08. The van der Waals surface area contributed by atoms with Crippen LogP contribution in [0.15, 0.2) is 75.2 Å². The number of imide groups is 2. The van der Waals surface area contributed by atoms with E-state index in [0.29, 0.717) is 30.7 Å². The second kappa shape index (κ2) is 10.4. The SMILES string of the molecule is O=C1NC(=O)N(c2ccc([N+](=O)[O-])cc2)C(=O)/C1=C/c1cc(Br)c(OCc2ccccc2F)c(Br)c1. The number of carbonyl (C=O) groups is 3. The standard InChI is InChI=1S/C24H14Br2FN3O6/c25-18-10-13(11-19(26)21(18)36-12-14-3-1-2-4-20(14)27)9-17-22(31)28-24(33)29(23(17)32)15-5-7-16(8-6-15)30(34)35/h1-11H,12H2,(H,28,31,33)/b17-9+. The zero-order chi connectivity index (χ0) is 26.0. The number of carbonyl (C=O) groups excluding carboxylic acids is 3. The predicted octanol–water partition coefficient (Wildman–Crippen LogP) is 5.50. The molecule has 3 aromatic rings. The maximum atomic E-state index is 13.9. The first-order valence-corrected chi connectivity index (χ1v) is 11.8. The molecule has 1 aliphatic rings. The molecule has 9 nitrogen and oxygen atoms in total. The minimum atomic E-state index is -0.977. The van der Waals surface area contributed by atoms with E-state index in [1.54, 1.807) is 30.3 Å². The molecule has 0 unspecified atom stereocenters. The van der Waals surface area contributed by atoms with Gasteiger partial charge in [-0.2, -0.15) is 0 Å². The predicted molar refractivity (Wildman–Crippen MR) is 135 cm³/mol. The van der Waals surface area contributed by atoms with Gasteiger partial charge in [0.05, 0.1) is 19.6 Å². The summed E-state index contributed by atoms with van der Waals surface area (Å²) in [4.78, 5) is 48.8. The average molecular weight is 619 g/mol. The minimum absolute atomic E-state index is 0.0302. The monoisotopic (exact) mass is 617 g/mol. The molecule has 1 heterocycles. The number of benzene rings is 3. The van der Waals surface area contributed by atoms with Crippen molar-refractivity contribution in [1.82, 2.24) is 5.32 Å². The quantitative estimate of drug-likeness (QED) is 0.169. The van der Waals surface area contributed by atoms with Gasteiger partial charge in [-0.25, -0.2) is 14.1 Å². The lowest BCUT2D eigenvalue weighted by molar-refractivity contribution is -0.384. The van der Waals surface area contributed by atoms with Crippen LogP contribution < -0.4 is 15.0 Å². The Kier molecular flexibility index (Phi) is 7.27. The highest BCUT2D eigenvalue weighted by molar-refractivity contribution is 9.11. The summed E-state index contributed by atoms with van der Waals surface area (Å²) in [5.41, 5.74) is 0.293. The van der Waals surface area contributed by atoms with Crippen LogP contribution in [-0.4, -0.2) is 22.8 Å². The van der Waals surface area contributed by atoms with E-state index in [2.05, 4.69) is 37.2 Å². The van der Waals surface area contributed by atoms with Gasteiger partial charge < -0.3 is 4.74 Å². The Morgan fingerprint density at radius 1 is 1.03 bits per heavy atom. The zero-order valence-corrected chi connectivity index (χ0v) is 21.2. The molecule has 1 saturated heterocycles. The van der Waals surface area contributed by atoms with E-state index >= 15 is 0 Å². The van der Waals surface area contributed by atoms with Crippen LogP contribution in [0, 0.1) is 15.9 Å². The maximum Gasteiger partial charge on any atom is 0.335 e. The molecule has 36 heavy (non-hydrogen) atoms. The Morgan fingerprint density at radius 3 is 2.28 bits per heavy atom. The molecule has 0 saturated carbocycles. The Labute approximate surface area is 220 Å². The van der Waals surface area contributed by atoms with Crippen LogP contribution in [0.5, 0.6) is 5.75 Å². The van der Waals surface area contributed by atoms with Crippen molar-refractivity contribution in [2.75, 3.05) is 4.90 Å². The molecule has 0 aliphatic carbocycles. The van der Waals surface area contributed by atoms with Crippen molar-refractivity contribution in [3.05, 3.63) is 102 Å². The van der Waals surface area contributed by atoms with E-state index in [-0.39, 0.29) is 23.6 Å². The Bertz CT molecular complexity index is 1420. The molecule has 0 spiro atoms. The number of anilines is 1. The van der Waals surface area contributed by atoms with E-state index in [9.17, 15) is 28.9 Å². The third kappa shape index (κ3) is 5.19. The third-order valence-corrected chi connectivity index (χ3v) is 6.26. The number of hydrogen-bond donors (Lipinski definition) is 1. The molecule has 0 radical (unpaired) electrons. The van der Waals surface area contributed by atoms with E-state index in [4.69, 9.17) is 4.74 Å². The lowest BCUT2D eigenvalue weighted by Gasteiger charge is -2.26. The normalized spacial score (nSPS) is 14.7. The van der Waals surface area contributed by atoms with Crippen molar-refractivity contribution in [2.45, 2.75) is 6.61 Å². The number of nitro groups is 1. The molecule has 12 heteroatoms. The van der Waals surface area contributed by atoms with Crippen LogP contribution in [0.2, 0.25) is 0 Å². The van der Waals surface area contributed by atoms with Crippen LogP contribution in [0.25, 0.3) is 6.08 Å². The first-order chi connectivity index (χ1) is 17.2. The molecule has 4 amide bonds. The van der Waals surface area contributed by atoms with Gasteiger partial charge in [0, 0.05) is 17.7 Å². The number of rotatable bonds is 6. The fourth-order valence-corrected chi connectivity index (χ4v) is 4.80. The second-order valence-corrected chi connectivity index (χ2v) is 9.13. The number of barbiturate groups is 1. The molecule has 4 rings (SSSR count). The Balaban J connectivity index is 1.61. The largest absolute Gasteiger partial charge is 0.486 e. The summed E-state index contributed by atoms with van der Waals surface area (Å²) < 4.78 is 20.6. The summed E-state index contributed by atoms with van der Waals surface area (Å²) in [5.74, 6) is -1.82. The number of non-ortho nitro benzene ring substituents is 1. The van der Waals surface area contributed by atoms with Crippen molar-refractivity contribution < 1.29 is 28.4 Å². The van der Waals surface area contributed by atoms with E-state index < -0.39 is 28.6 Å². The Morgan fingerprint density at radius 2 is 1.67 bits per heavy atom. The van der Waals surface area contributed by atoms with Crippen LogP contribution in [0.1, 0.15) is 11.1 Å². The number of halogens is 3. The van der Waals surface area contributed by atoms with Crippen LogP contribution in [0.4, 0.5) is 20.6 Å². The maximum absolute atomic E-state index is 13.9. The van der Waals surface area contributed by atoms with Gasteiger partial charge in [-0.3, -0.25) is 25.0 Å². The van der Waals surface area contributed by atoms with Gasteiger partial charge in [0.15, 0.2) is 0 Å². The number of nitrogens with zero attached hydrogens (tertiary/aromatic N) is 2. The molecule has 1 aliphatic heterocycles. The van der Waals surface area contributed by atoms with Gasteiger partial charge >= 0.3 is 6.03 Å². The molecule has 0 aromatic heterocycles. The number of urea groups is 1. The molecule has 1 N–H and O–H groups in total. The van der Waals surface area contributed by atoms with Crippen molar-refractivity contribution >= 4 is 67.2 Å². The van der Waals surface area contributed by atoms with Gasteiger partial charge in [-0.1, -0.05) is 18.2 Å². The first kappa shape index (κ1) is 25.2. The fraction of sp³-hybridized carbons (Fsp3) is 0.0417. The summed E-state index contributed by atoms with van der Waals surface area (Å²) in [6, 6.07) is 13.1. The van der Waals surface area contributed by atoms with Crippen molar-refractivity contribution in [3.63, 3.8) is 0 Å². The van der Waals surface area contributed by atoms with E-state index in [1.165, 1.54) is 24.3 Å². The topological polar surface area (TPSA) is 119 Å². The van der Waals surface area contributed by atoms with Crippen molar-refractivity contribution in [2.24, 2.45) is 0 Å². The summed E-state index contributed by atoms with van der Waals surface area (Å²) in [5, 5.41) is 13.0. The summed E-state index contributed by atoms with van der Waals surface area (Å²) in [7, 11) is 0. The molecule has 0 bridgehead atoms. The number of nitro benzene ring substituents is 1. The summed E-state index contributed by atoms with van der Waals surface area (Å²) in [6.45, 7) is -0.0302. The second-order valence-electron chi connectivity index (χ2n) is 7.43. The number of nitrogens with one attached hydrogen (secondary N) is 1. The lowest BCUT2D eigenvalue weighted by atomic mass is 10.1. The van der Waals surface area contributed by atoms with Gasteiger partial charge in [0.25, 0.3) is 17.5 Å². The summed E-state index contributed by atoms with van der Waals surface area (Å²) >= 11 is 6.76. The van der Waals surface area contributed by atoms with Crippen LogP contribution in [-0.2, 0) is 16.2 Å². The minimum Gasteiger partial charge on any atom is -0.486 e. The molecular weight excluding hydrogens is 605 g/mol. The van der Waals surface area contributed by atoms with Crippen LogP contribution in [0.3, 0.4) is 0 Å². The molecular formula is C24H14Br2FN3O6. The van der Waals surface area contributed by atoms with E-state index in [1.807, 2.05) is 0 Å². The Hall–Kier alpha value is -3.90. The fourth-order valence-electron chi connectivity index (χ4n) is 3.35.